The third-order valence-electron chi connectivity index (χ3n) is 11.5. The fraction of sp³-hybridized carbons (Fsp3) is 0.311. The molecule has 4 heterocycles. The molecular formula is C45H47N5O9. The summed E-state index contributed by atoms with van der Waals surface area (Å²) in [6, 6.07) is 20.9. The van der Waals surface area contributed by atoms with E-state index in [1.165, 1.54) is 24.0 Å². The number of methoxy groups -OCH3 is 3. The molecule has 0 fully saturated rings. The van der Waals surface area contributed by atoms with Gasteiger partial charge in [-0.25, -0.2) is 0 Å². The number of aliphatic hydroxyl groups is 1. The number of aliphatic hydroxyl groups excluding tert-OH is 1. The van der Waals surface area contributed by atoms with Crippen molar-refractivity contribution < 1.29 is 43.2 Å². The SMILES string of the molecule is COc1ccc(C2=CN3C(=O)c4cc(OC)c(OCCCOc5cc6c(cc5OC)C(O)N5C=C(c7ccc(CN)cc7)CC5C(=O)N6C)cc4N(C)C(=O)C3C2)cc1. The standard InChI is InChI=1S/C45H47N5O9/c1-47-34-21-40(38(56-4)19-32(34)42(51)49-24-29(17-36(49)44(47)53)27-9-7-26(23-46)8-10-27)58-15-6-16-59-41-22-35-33(20-39(41)57-5)43(52)50-25-30(18-37(50)45(54)48(35)2)28-11-13-31(55-3)14-12-28/h7-14,19-22,24-25,36-37,42,51H,6,15-18,23,46H2,1-5H3. The molecule has 306 valence electrons. The third kappa shape index (κ3) is 7.08. The monoisotopic (exact) mass is 801 g/mol. The summed E-state index contributed by atoms with van der Waals surface area (Å²) in [5.41, 5.74) is 12.3. The second-order valence-electron chi connectivity index (χ2n) is 14.8. The molecule has 14 nitrogen and oxygen atoms in total. The summed E-state index contributed by atoms with van der Waals surface area (Å²) >= 11 is 0. The van der Waals surface area contributed by atoms with Gasteiger partial charge in [0.05, 0.1) is 51.5 Å². The molecule has 0 aliphatic carbocycles. The Hall–Kier alpha value is -6.51. The molecular weight excluding hydrogens is 755 g/mol. The van der Waals surface area contributed by atoms with Gasteiger partial charge in [-0.3, -0.25) is 14.4 Å². The van der Waals surface area contributed by atoms with Crippen LogP contribution >= 0.6 is 0 Å². The topological polar surface area (TPSA) is 157 Å². The number of ether oxygens (including phenoxy) is 5. The zero-order valence-corrected chi connectivity index (χ0v) is 33.6. The molecule has 3 atom stereocenters. The molecule has 0 saturated carbocycles. The molecule has 4 aliphatic heterocycles. The molecule has 0 spiro atoms. The number of amides is 3. The zero-order chi connectivity index (χ0) is 41.5. The number of hydrogen-bond acceptors (Lipinski definition) is 11. The summed E-state index contributed by atoms with van der Waals surface area (Å²) in [6.45, 7) is 0.883. The second kappa shape index (κ2) is 16.0. The van der Waals surface area contributed by atoms with Crippen LogP contribution in [0.2, 0.25) is 0 Å². The Morgan fingerprint density at radius 2 is 1.24 bits per heavy atom. The van der Waals surface area contributed by atoms with Crippen LogP contribution in [0.5, 0.6) is 28.7 Å². The molecule has 0 radical (unpaired) electrons. The van der Waals surface area contributed by atoms with Crippen molar-refractivity contribution in [3.63, 3.8) is 0 Å². The molecule has 0 saturated heterocycles. The summed E-state index contributed by atoms with van der Waals surface area (Å²) in [7, 11) is 7.98. The van der Waals surface area contributed by atoms with E-state index in [0.29, 0.717) is 71.3 Å². The molecule has 59 heavy (non-hydrogen) atoms. The lowest BCUT2D eigenvalue weighted by Crippen LogP contribution is -2.42. The van der Waals surface area contributed by atoms with Crippen molar-refractivity contribution >= 4 is 40.2 Å². The van der Waals surface area contributed by atoms with E-state index in [4.69, 9.17) is 29.4 Å². The highest BCUT2D eigenvalue weighted by atomic mass is 16.5. The normalized spacial score (nSPS) is 19.6. The van der Waals surface area contributed by atoms with Crippen LogP contribution in [0, 0.1) is 0 Å². The van der Waals surface area contributed by atoms with Crippen molar-refractivity contribution in [2.75, 3.05) is 58.4 Å². The summed E-state index contributed by atoms with van der Waals surface area (Å²) in [4.78, 5) is 47.9. The summed E-state index contributed by atoms with van der Waals surface area (Å²) in [5.74, 6) is 1.57. The van der Waals surface area contributed by atoms with Gasteiger partial charge in [0.15, 0.2) is 29.2 Å². The van der Waals surface area contributed by atoms with Gasteiger partial charge in [-0.1, -0.05) is 36.4 Å². The van der Waals surface area contributed by atoms with E-state index in [-0.39, 0.29) is 30.9 Å². The predicted octanol–water partition coefficient (Wildman–Crippen LogP) is 5.33. The number of hydrogen-bond donors (Lipinski definition) is 2. The summed E-state index contributed by atoms with van der Waals surface area (Å²) < 4.78 is 29.0. The highest BCUT2D eigenvalue weighted by Gasteiger charge is 2.43. The van der Waals surface area contributed by atoms with Gasteiger partial charge in [-0.05, 0) is 52.1 Å². The molecule has 8 rings (SSSR count). The first-order chi connectivity index (χ1) is 28.5. The summed E-state index contributed by atoms with van der Waals surface area (Å²) in [6.07, 6.45) is 3.77. The van der Waals surface area contributed by atoms with Gasteiger partial charge in [-0.2, -0.15) is 0 Å². The minimum atomic E-state index is -1.10. The van der Waals surface area contributed by atoms with Crippen molar-refractivity contribution in [1.29, 1.82) is 0 Å². The number of anilines is 2. The van der Waals surface area contributed by atoms with E-state index in [0.717, 1.165) is 33.6 Å². The fourth-order valence-corrected chi connectivity index (χ4v) is 8.17. The first-order valence-corrected chi connectivity index (χ1v) is 19.4. The largest absolute Gasteiger partial charge is 0.497 e. The predicted molar refractivity (Wildman–Crippen MR) is 221 cm³/mol. The lowest BCUT2D eigenvalue weighted by atomic mass is 10.0. The average molecular weight is 802 g/mol. The van der Waals surface area contributed by atoms with E-state index in [2.05, 4.69) is 0 Å². The summed E-state index contributed by atoms with van der Waals surface area (Å²) in [5, 5.41) is 11.7. The molecule has 4 aromatic rings. The van der Waals surface area contributed by atoms with Gasteiger partial charge in [-0.15, -0.1) is 0 Å². The average Bonchev–Trinajstić information content (AvgIpc) is 3.90. The van der Waals surface area contributed by atoms with Crippen LogP contribution < -0.4 is 39.2 Å². The molecule has 4 aliphatic rings. The van der Waals surface area contributed by atoms with Crippen LogP contribution in [0.1, 0.15) is 58.1 Å². The van der Waals surface area contributed by atoms with E-state index in [1.54, 1.807) is 61.5 Å². The quantitative estimate of drug-likeness (QED) is 0.179. The zero-order valence-electron chi connectivity index (χ0n) is 33.6. The van der Waals surface area contributed by atoms with Crippen LogP contribution in [0.15, 0.2) is 85.2 Å². The van der Waals surface area contributed by atoms with Crippen molar-refractivity contribution in [2.24, 2.45) is 5.73 Å². The molecule has 3 amide bonds. The van der Waals surface area contributed by atoms with Crippen molar-refractivity contribution in [3.05, 3.63) is 113 Å². The number of rotatable bonds is 12. The maximum absolute atomic E-state index is 14.0. The molecule has 14 heteroatoms. The smallest absolute Gasteiger partial charge is 0.260 e. The second-order valence-corrected chi connectivity index (χ2v) is 14.8. The van der Waals surface area contributed by atoms with Crippen molar-refractivity contribution in [3.8, 4) is 28.7 Å². The Morgan fingerprint density at radius 1 is 0.678 bits per heavy atom. The lowest BCUT2D eigenvalue weighted by molar-refractivity contribution is -0.124. The Bertz CT molecular complexity index is 2360. The van der Waals surface area contributed by atoms with E-state index in [1.807, 2.05) is 54.7 Å². The third-order valence-corrected chi connectivity index (χ3v) is 11.5. The molecule has 0 bridgehead atoms. The van der Waals surface area contributed by atoms with Gasteiger partial charge in [0, 0.05) is 70.0 Å². The van der Waals surface area contributed by atoms with E-state index in [9.17, 15) is 19.5 Å². The highest BCUT2D eigenvalue weighted by Crippen LogP contribution is 2.46. The van der Waals surface area contributed by atoms with Crippen LogP contribution in [0.3, 0.4) is 0 Å². The number of benzene rings is 4. The first kappa shape index (κ1) is 39.3. The number of fused-ring (bicyclic) bond motifs is 4. The van der Waals surface area contributed by atoms with Gasteiger partial charge in [0.1, 0.15) is 17.8 Å². The number of nitrogens with zero attached hydrogens (tertiary/aromatic N) is 4. The van der Waals surface area contributed by atoms with E-state index >= 15 is 0 Å². The van der Waals surface area contributed by atoms with E-state index < -0.39 is 18.3 Å². The van der Waals surface area contributed by atoms with Gasteiger partial charge in [0.2, 0.25) is 11.8 Å². The Labute approximate surface area is 342 Å². The lowest BCUT2D eigenvalue weighted by Gasteiger charge is -2.27. The highest BCUT2D eigenvalue weighted by molar-refractivity contribution is 6.13. The van der Waals surface area contributed by atoms with Crippen LogP contribution in [-0.4, -0.2) is 93.4 Å². The Kier molecular flexibility index (Phi) is 10.7. The molecule has 4 aromatic carbocycles. The van der Waals surface area contributed by atoms with Gasteiger partial charge >= 0.3 is 0 Å². The van der Waals surface area contributed by atoms with Crippen molar-refractivity contribution in [2.45, 2.75) is 44.1 Å². The van der Waals surface area contributed by atoms with Crippen LogP contribution in [0.25, 0.3) is 11.1 Å². The minimum Gasteiger partial charge on any atom is -0.497 e. The Morgan fingerprint density at radius 3 is 1.86 bits per heavy atom. The molecule has 3 N–H and O–H groups in total. The van der Waals surface area contributed by atoms with Crippen LogP contribution in [-0.2, 0) is 16.1 Å². The van der Waals surface area contributed by atoms with Crippen molar-refractivity contribution in [1.82, 2.24) is 9.80 Å². The molecule has 0 aromatic heterocycles. The van der Waals surface area contributed by atoms with Gasteiger partial charge in [0.25, 0.3) is 5.91 Å². The number of nitrogens with two attached hydrogens (primary N) is 1. The minimum absolute atomic E-state index is 0.156. The Balaban J connectivity index is 0.949. The first-order valence-electron chi connectivity index (χ1n) is 19.4. The molecule has 3 unspecified atom stereocenters. The fourth-order valence-electron chi connectivity index (χ4n) is 8.17. The van der Waals surface area contributed by atoms with Crippen LogP contribution in [0.4, 0.5) is 11.4 Å². The maximum atomic E-state index is 14.0. The number of likely N-dealkylation sites (N-methyl/N-ethyl adjacent to an activating group) is 2. The number of carbonyl (C=O) groups is 3. The maximum Gasteiger partial charge on any atom is 0.260 e. The number of carbonyl (C=O) groups excluding carboxylic acids is 3. The van der Waals surface area contributed by atoms with Gasteiger partial charge < -0.3 is 54.1 Å².